The van der Waals surface area contributed by atoms with Crippen LogP contribution in [0.5, 0.6) is 0 Å². The lowest BCUT2D eigenvalue weighted by molar-refractivity contribution is -0.119. The van der Waals surface area contributed by atoms with E-state index in [2.05, 4.69) is 25.0 Å². The van der Waals surface area contributed by atoms with Gasteiger partial charge in [-0.3, -0.25) is 4.79 Å². The zero-order valence-corrected chi connectivity index (χ0v) is 12.8. The number of carbonyl (C=O) groups is 2. The van der Waals surface area contributed by atoms with Crippen LogP contribution in [-0.2, 0) is 9.53 Å². The largest absolute Gasteiger partial charge is 0.450 e. The second-order valence-electron chi connectivity index (χ2n) is 5.62. The molecule has 0 saturated heterocycles. The third kappa shape index (κ3) is 9.18. The first-order valence-electron chi connectivity index (χ1n) is 6.31. The molecule has 5 nitrogen and oxygen atoms in total. The van der Waals surface area contributed by atoms with Gasteiger partial charge in [-0.2, -0.15) is 0 Å². The average Bonchev–Trinajstić information content (AvgIpc) is 2.21. The lowest BCUT2D eigenvalue weighted by Crippen LogP contribution is -2.40. The Morgan fingerprint density at radius 1 is 1.33 bits per heavy atom. The average molecular weight is 275 g/mol. The Morgan fingerprint density at radius 2 is 1.94 bits per heavy atom. The highest BCUT2D eigenvalue weighted by Gasteiger charge is 2.18. The lowest BCUT2D eigenvalue weighted by Gasteiger charge is -2.18. The van der Waals surface area contributed by atoms with Crippen LogP contribution in [0, 0.1) is 0 Å². The van der Waals surface area contributed by atoms with Crippen molar-refractivity contribution in [3.05, 3.63) is 0 Å². The topological polar surface area (TPSA) is 75.6 Å². The van der Waals surface area contributed by atoms with Gasteiger partial charge in [0, 0.05) is 14.7 Å². The fourth-order valence-electron chi connectivity index (χ4n) is 1.31. The maximum Gasteiger partial charge on any atom is 0.407 e. The molecular weight excluding hydrogens is 250 g/mol. The van der Waals surface area contributed by atoms with E-state index >= 15 is 0 Å². The molecule has 106 valence electrons. The smallest absolute Gasteiger partial charge is 0.407 e. The van der Waals surface area contributed by atoms with Gasteiger partial charge in [-0.05, 0) is 25.8 Å². The Morgan fingerprint density at radius 3 is 2.39 bits per heavy atom. The first kappa shape index (κ1) is 17.1. The molecule has 0 fully saturated rings. The highest BCUT2D eigenvalue weighted by atomic mass is 28.3. The van der Waals surface area contributed by atoms with Gasteiger partial charge in [-0.25, -0.2) is 4.79 Å². The number of alkyl carbamates (subject to hydrolysis) is 1. The zero-order valence-electron chi connectivity index (χ0n) is 11.8. The molecule has 2 N–H and O–H groups in total. The van der Waals surface area contributed by atoms with Gasteiger partial charge >= 0.3 is 6.09 Å². The summed E-state index contributed by atoms with van der Waals surface area (Å²) in [4.78, 5) is 22.7. The number of ketones is 1. The first-order chi connectivity index (χ1) is 8.26. The van der Waals surface area contributed by atoms with Crippen LogP contribution >= 0.6 is 0 Å². The number of ether oxygens (including phenoxy) is 1. The van der Waals surface area contributed by atoms with Crippen LogP contribution in [0.4, 0.5) is 4.79 Å². The molecule has 0 aliphatic carbocycles. The minimum Gasteiger partial charge on any atom is -0.450 e. The van der Waals surface area contributed by atoms with Crippen molar-refractivity contribution >= 4 is 20.0 Å². The zero-order chi connectivity index (χ0) is 14.2. The maximum absolute atomic E-state index is 11.5. The van der Waals surface area contributed by atoms with E-state index in [0.717, 1.165) is 6.04 Å². The van der Waals surface area contributed by atoms with E-state index in [1.54, 1.807) is 0 Å². The van der Waals surface area contributed by atoms with E-state index in [9.17, 15) is 9.59 Å². The summed E-state index contributed by atoms with van der Waals surface area (Å²) in [7, 11) is -1.21. The summed E-state index contributed by atoms with van der Waals surface area (Å²) in [6.45, 7) is 8.43. The normalized spacial score (nSPS) is 12.9. The van der Waals surface area contributed by atoms with Gasteiger partial charge in [-0.1, -0.05) is 19.6 Å². The van der Waals surface area contributed by atoms with Crippen LogP contribution in [0.1, 0.15) is 19.8 Å². The molecule has 6 heteroatoms. The third-order valence-corrected chi connectivity index (χ3v) is 4.22. The number of rotatable bonds is 8. The number of aliphatic hydroxyl groups excluding tert-OH is 1. The van der Waals surface area contributed by atoms with E-state index in [0.29, 0.717) is 19.4 Å². The number of Topliss-reactive ketones (excluding diaryl/α,β-unsaturated/α-hetero) is 1. The van der Waals surface area contributed by atoms with Crippen LogP contribution < -0.4 is 5.32 Å². The van der Waals surface area contributed by atoms with Crippen molar-refractivity contribution in [2.24, 2.45) is 0 Å². The van der Waals surface area contributed by atoms with E-state index in [4.69, 9.17) is 9.84 Å². The molecule has 0 rings (SSSR count). The lowest BCUT2D eigenvalue weighted by atomic mass is 10.1. The van der Waals surface area contributed by atoms with Crippen LogP contribution in [0.25, 0.3) is 0 Å². The summed E-state index contributed by atoms with van der Waals surface area (Å²) in [6, 6.07) is 0.346. The molecule has 0 aliphatic rings. The van der Waals surface area contributed by atoms with Gasteiger partial charge in [0.15, 0.2) is 5.78 Å². The van der Waals surface area contributed by atoms with Crippen molar-refractivity contribution < 1.29 is 19.4 Å². The molecule has 0 bridgehead atoms. The standard InChI is InChI=1S/C12H25NO4Si/c1-10(15)11(6-5-7-14)13-12(16)17-8-9-18(2,3)4/h11,14H,5-9H2,1-4H3,(H,13,16)/t11-/m0/s1. The molecule has 0 spiro atoms. The fraction of sp³-hybridized carbons (Fsp3) is 0.833. The van der Waals surface area contributed by atoms with Crippen LogP contribution in [-0.4, -0.2) is 44.3 Å². The van der Waals surface area contributed by atoms with Gasteiger partial charge in [0.2, 0.25) is 0 Å². The molecule has 0 aliphatic heterocycles. The molecule has 0 aromatic carbocycles. The summed E-state index contributed by atoms with van der Waals surface area (Å²) < 4.78 is 5.05. The van der Waals surface area contributed by atoms with Crippen LogP contribution in [0.15, 0.2) is 0 Å². The van der Waals surface area contributed by atoms with E-state index < -0.39 is 20.2 Å². The van der Waals surface area contributed by atoms with Crippen molar-refractivity contribution in [2.45, 2.75) is 51.5 Å². The number of aliphatic hydroxyl groups is 1. The van der Waals surface area contributed by atoms with Crippen molar-refractivity contribution in [3.63, 3.8) is 0 Å². The third-order valence-electron chi connectivity index (χ3n) is 2.52. The number of hydrogen-bond donors (Lipinski definition) is 2. The summed E-state index contributed by atoms with van der Waals surface area (Å²) in [6.07, 6.45) is 0.375. The Balaban J connectivity index is 3.99. The molecule has 0 saturated carbocycles. The fourth-order valence-corrected chi connectivity index (χ4v) is 2.02. The second-order valence-corrected chi connectivity index (χ2v) is 11.2. The molecule has 18 heavy (non-hydrogen) atoms. The maximum atomic E-state index is 11.5. The monoisotopic (exact) mass is 275 g/mol. The molecule has 0 aromatic heterocycles. The Labute approximate surface area is 110 Å². The SMILES string of the molecule is CC(=O)[C@H](CCCO)NC(=O)OCC[Si](C)(C)C. The Hall–Kier alpha value is -0.883. The summed E-state index contributed by atoms with van der Waals surface area (Å²) in [5.74, 6) is -0.120. The van der Waals surface area contributed by atoms with Crippen molar-refractivity contribution in [1.82, 2.24) is 5.32 Å². The molecular formula is C12H25NO4Si. The van der Waals surface area contributed by atoms with Crippen molar-refractivity contribution in [1.29, 1.82) is 0 Å². The minimum atomic E-state index is -1.21. The van der Waals surface area contributed by atoms with Gasteiger partial charge in [0.05, 0.1) is 12.6 Å². The molecule has 1 amide bonds. The van der Waals surface area contributed by atoms with E-state index in [-0.39, 0.29) is 12.4 Å². The molecule has 0 unspecified atom stereocenters. The molecule has 0 radical (unpaired) electrons. The van der Waals surface area contributed by atoms with Gasteiger partial charge < -0.3 is 15.2 Å². The van der Waals surface area contributed by atoms with E-state index in [1.165, 1.54) is 6.92 Å². The Kier molecular flexibility index (Phi) is 7.85. The minimum absolute atomic E-state index is 0.0101. The molecule has 0 aromatic rings. The summed E-state index contributed by atoms with van der Waals surface area (Å²) >= 11 is 0. The highest BCUT2D eigenvalue weighted by Crippen LogP contribution is 2.07. The van der Waals surface area contributed by atoms with Crippen molar-refractivity contribution in [2.75, 3.05) is 13.2 Å². The molecule has 1 atom stereocenters. The van der Waals surface area contributed by atoms with Crippen LogP contribution in [0.3, 0.4) is 0 Å². The van der Waals surface area contributed by atoms with Gasteiger partial charge in [0.25, 0.3) is 0 Å². The highest BCUT2D eigenvalue weighted by molar-refractivity contribution is 6.76. The van der Waals surface area contributed by atoms with Crippen LogP contribution in [0.2, 0.25) is 25.7 Å². The number of amides is 1. The molecule has 0 heterocycles. The number of hydrogen-bond acceptors (Lipinski definition) is 4. The van der Waals surface area contributed by atoms with Gasteiger partial charge in [0.1, 0.15) is 0 Å². The number of carbonyl (C=O) groups excluding carboxylic acids is 2. The van der Waals surface area contributed by atoms with Crippen molar-refractivity contribution in [3.8, 4) is 0 Å². The number of nitrogens with one attached hydrogen (secondary N) is 1. The Bertz CT molecular complexity index is 276. The first-order valence-corrected chi connectivity index (χ1v) is 10.0. The second kappa shape index (κ2) is 8.26. The van der Waals surface area contributed by atoms with Gasteiger partial charge in [-0.15, -0.1) is 0 Å². The predicted octanol–water partition coefficient (Wildman–Crippen LogP) is 1.78. The quantitative estimate of drug-likeness (QED) is 0.662. The summed E-state index contributed by atoms with van der Waals surface area (Å²) in [5, 5.41) is 11.2. The predicted molar refractivity (Wildman–Crippen MR) is 73.4 cm³/mol. The van der Waals surface area contributed by atoms with E-state index in [1.807, 2.05) is 0 Å². The summed E-state index contributed by atoms with van der Waals surface area (Å²) in [5.41, 5.74) is 0.